The lowest BCUT2D eigenvalue weighted by molar-refractivity contribution is -0.384. The van der Waals surface area contributed by atoms with E-state index in [1.165, 1.54) is 47.9 Å². The normalized spacial score (nSPS) is 14.0. The van der Waals surface area contributed by atoms with Crippen LogP contribution >= 0.6 is 0 Å². The highest BCUT2D eigenvalue weighted by atomic mass is 32.2. The smallest absolute Gasteiger partial charge is 0.271 e. The number of non-ortho nitro benzene ring substituents is 1. The van der Waals surface area contributed by atoms with Crippen molar-refractivity contribution in [3.8, 4) is 0 Å². The summed E-state index contributed by atoms with van der Waals surface area (Å²) in [5.41, 5.74) is 3.36. The van der Waals surface area contributed by atoms with Gasteiger partial charge < -0.3 is 5.32 Å². The number of nitrogens with one attached hydrogen (secondary N) is 1. The Labute approximate surface area is 204 Å². The first-order valence-corrected chi connectivity index (χ1v) is 12.9. The molecule has 0 saturated carbocycles. The van der Waals surface area contributed by atoms with Gasteiger partial charge >= 0.3 is 0 Å². The second-order valence-corrected chi connectivity index (χ2v) is 10.5. The fraction of sp³-hybridized carbons (Fsp3) is 0.269. The van der Waals surface area contributed by atoms with Crippen LogP contribution in [0.25, 0.3) is 0 Å². The molecular weight excluding hydrogens is 466 g/mol. The maximum Gasteiger partial charge on any atom is 0.271 e. The van der Waals surface area contributed by atoms with Crippen molar-refractivity contribution in [3.05, 3.63) is 99.6 Å². The molecule has 0 aliphatic heterocycles. The summed E-state index contributed by atoms with van der Waals surface area (Å²) in [4.78, 5) is 23.7. The van der Waals surface area contributed by atoms with Gasteiger partial charge in [0.2, 0.25) is 5.91 Å². The molecule has 4 rings (SSSR count). The number of sulfonamides is 1. The highest BCUT2D eigenvalue weighted by molar-refractivity contribution is 7.92. The number of fused-ring (bicyclic) bond motifs is 1. The summed E-state index contributed by atoms with van der Waals surface area (Å²) < 4.78 is 27.8. The maximum absolute atomic E-state index is 13.4. The van der Waals surface area contributed by atoms with Crippen LogP contribution in [0.4, 0.5) is 11.4 Å². The largest absolute Gasteiger partial charge is 0.348 e. The van der Waals surface area contributed by atoms with E-state index in [0.29, 0.717) is 0 Å². The minimum atomic E-state index is -4.15. The van der Waals surface area contributed by atoms with E-state index in [1.807, 2.05) is 13.0 Å². The van der Waals surface area contributed by atoms with E-state index in [2.05, 4.69) is 17.4 Å². The molecule has 0 unspecified atom stereocenters. The number of anilines is 1. The Bertz CT molecular complexity index is 1340. The SMILES string of the molecule is C[C@@H](NC(=O)CN(c1cccc([N+](=O)[O-])c1)S(=O)(=O)c1ccccc1)c1ccc2c(c1)CCCC2. The number of nitro benzene ring substituents is 1. The molecule has 1 N–H and O–H groups in total. The number of carbonyl (C=O) groups excluding carboxylic acids is 1. The lowest BCUT2D eigenvalue weighted by Gasteiger charge is -2.25. The van der Waals surface area contributed by atoms with E-state index in [9.17, 15) is 23.3 Å². The van der Waals surface area contributed by atoms with E-state index in [-0.39, 0.29) is 22.3 Å². The molecular formula is C26H27N3O5S. The van der Waals surface area contributed by atoms with Crippen molar-refractivity contribution in [2.75, 3.05) is 10.8 Å². The van der Waals surface area contributed by atoms with Crippen LogP contribution in [-0.2, 0) is 27.7 Å². The molecule has 3 aromatic carbocycles. The van der Waals surface area contributed by atoms with Gasteiger partial charge in [0.15, 0.2) is 0 Å². The van der Waals surface area contributed by atoms with Gasteiger partial charge in [0.25, 0.3) is 15.7 Å². The Morgan fingerprint density at radius 3 is 2.43 bits per heavy atom. The van der Waals surface area contributed by atoms with Crippen molar-refractivity contribution in [2.45, 2.75) is 43.5 Å². The van der Waals surface area contributed by atoms with Gasteiger partial charge in [-0.1, -0.05) is 42.5 Å². The Morgan fingerprint density at radius 1 is 1.00 bits per heavy atom. The van der Waals surface area contributed by atoms with E-state index < -0.39 is 27.4 Å². The van der Waals surface area contributed by atoms with Gasteiger partial charge in [0, 0.05) is 12.1 Å². The van der Waals surface area contributed by atoms with Crippen molar-refractivity contribution >= 4 is 27.3 Å². The van der Waals surface area contributed by atoms with Crippen LogP contribution in [0.5, 0.6) is 0 Å². The number of amides is 1. The molecule has 0 heterocycles. The van der Waals surface area contributed by atoms with Crippen LogP contribution in [0.2, 0.25) is 0 Å². The summed E-state index contributed by atoms with van der Waals surface area (Å²) in [5, 5.41) is 14.2. The fourth-order valence-corrected chi connectivity index (χ4v) is 5.75. The number of hydrogen-bond donors (Lipinski definition) is 1. The summed E-state index contributed by atoms with van der Waals surface area (Å²) in [7, 11) is -4.15. The van der Waals surface area contributed by atoms with Gasteiger partial charge in [-0.2, -0.15) is 0 Å². The van der Waals surface area contributed by atoms with E-state index in [4.69, 9.17) is 0 Å². The number of benzene rings is 3. The number of nitro groups is 1. The zero-order valence-electron chi connectivity index (χ0n) is 19.4. The Balaban J connectivity index is 1.60. The van der Waals surface area contributed by atoms with Crippen LogP contribution in [0.3, 0.4) is 0 Å². The minimum absolute atomic E-state index is 0.0120. The molecule has 35 heavy (non-hydrogen) atoms. The second-order valence-electron chi connectivity index (χ2n) is 8.63. The molecule has 0 radical (unpaired) electrons. The molecule has 182 valence electrons. The summed E-state index contributed by atoms with van der Waals surface area (Å²) in [6.07, 6.45) is 4.40. The third-order valence-corrected chi connectivity index (χ3v) is 7.99. The molecule has 9 heteroatoms. The summed E-state index contributed by atoms with van der Waals surface area (Å²) in [5.74, 6) is -0.513. The quantitative estimate of drug-likeness (QED) is 0.366. The van der Waals surface area contributed by atoms with Gasteiger partial charge in [-0.3, -0.25) is 19.2 Å². The van der Waals surface area contributed by atoms with Gasteiger partial charge in [0.1, 0.15) is 6.54 Å². The maximum atomic E-state index is 13.4. The highest BCUT2D eigenvalue weighted by Gasteiger charge is 2.28. The zero-order valence-corrected chi connectivity index (χ0v) is 20.2. The molecule has 1 aliphatic carbocycles. The summed E-state index contributed by atoms with van der Waals surface area (Å²) in [6.45, 7) is 1.33. The van der Waals surface area contributed by atoms with Crippen LogP contribution in [-0.4, -0.2) is 25.8 Å². The van der Waals surface area contributed by atoms with Gasteiger partial charge in [-0.05, 0) is 67.5 Å². The Kier molecular flexibility index (Phi) is 7.16. The number of carbonyl (C=O) groups is 1. The van der Waals surface area contributed by atoms with Crippen molar-refractivity contribution in [1.29, 1.82) is 0 Å². The Hall–Kier alpha value is -3.72. The van der Waals surface area contributed by atoms with Crippen LogP contribution < -0.4 is 9.62 Å². The number of rotatable bonds is 8. The lowest BCUT2D eigenvalue weighted by Crippen LogP contribution is -2.41. The number of nitrogens with zero attached hydrogens (tertiary/aromatic N) is 2. The summed E-state index contributed by atoms with van der Waals surface area (Å²) >= 11 is 0. The summed E-state index contributed by atoms with van der Waals surface area (Å²) in [6, 6.07) is 18.8. The number of hydrogen-bond acceptors (Lipinski definition) is 5. The zero-order chi connectivity index (χ0) is 25.0. The van der Waals surface area contributed by atoms with Gasteiger partial charge in [-0.25, -0.2) is 8.42 Å². The van der Waals surface area contributed by atoms with Crippen molar-refractivity contribution in [3.63, 3.8) is 0 Å². The average molecular weight is 494 g/mol. The molecule has 0 aromatic heterocycles. The van der Waals surface area contributed by atoms with Gasteiger partial charge in [-0.15, -0.1) is 0 Å². The molecule has 0 fully saturated rings. The first-order chi connectivity index (χ1) is 16.8. The molecule has 8 nitrogen and oxygen atoms in total. The minimum Gasteiger partial charge on any atom is -0.348 e. The topological polar surface area (TPSA) is 110 Å². The van der Waals surface area contributed by atoms with Crippen LogP contribution in [0, 0.1) is 10.1 Å². The van der Waals surface area contributed by atoms with Crippen molar-refractivity contribution in [2.24, 2.45) is 0 Å². The predicted molar refractivity (Wildman–Crippen MR) is 134 cm³/mol. The molecule has 0 saturated heterocycles. The number of aryl methyl sites for hydroxylation is 2. The Morgan fingerprint density at radius 2 is 1.71 bits per heavy atom. The second kappa shape index (κ2) is 10.3. The molecule has 1 aliphatic rings. The monoisotopic (exact) mass is 493 g/mol. The van der Waals surface area contributed by atoms with Crippen molar-refractivity contribution in [1.82, 2.24) is 5.32 Å². The fourth-order valence-electron chi connectivity index (χ4n) is 4.32. The highest BCUT2D eigenvalue weighted by Crippen LogP contribution is 2.28. The van der Waals surface area contributed by atoms with Crippen LogP contribution in [0.15, 0.2) is 77.7 Å². The van der Waals surface area contributed by atoms with E-state index in [0.717, 1.165) is 35.2 Å². The standard InChI is InChI=1S/C26H27N3O5S/c1-19(21-15-14-20-8-5-6-9-22(20)16-21)27-26(30)18-28(23-10-7-11-24(17-23)29(31)32)35(33,34)25-12-3-2-4-13-25/h2-4,7,10-17,19H,5-6,8-9,18H2,1H3,(H,27,30)/t19-/m1/s1. The third-order valence-electron chi connectivity index (χ3n) is 6.20. The molecule has 0 spiro atoms. The molecule has 3 aromatic rings. The van der Waals surface area contributed by atoms with E-state index in [1.54, 1.807) is 18.2 Å². The van der Waals surface area contributed by atoms with Crippen molar-refractivity contribution < 1.29 is 18.1 Å². The van der Waals surface area contributed by atoms with Crippen LogP contribution in [0.1, 0.15) is 42.5 Å². The predicted octanol–water partition coefficient (Wildman–Crippen LogP) is 4.55. The first kappa shape index (κ1) is 24.4. The average Bonchev–Trinajstić information content (AvgIpc) is 2.87. The van der Waals surface area contributed by atoms with E-state index >= 15 is 0 Å². The lowest BCUT2D eigenvalue weighted by atomic mass is 9.89. The molecule has 1 atom stereocenters. The molecule has 1 amide bonds. The molecule has 0 bridgehead atoms. The first-order valence-electron chi connectivity index (χ1n) is 11.5. The van der Waals surface area contributed by atoms with Gasteiger partial charge in [0.05, 0.1) is 21.5 Å². The third kappa shape index (κ3) is 5.51.